The lowest BCUT2D eigenvalue weighted by Crippen LogP contribution is -2.73. The summed E-state index contributed by atoms with van der Waals surface area (Å²) in [5, 5.41) is 1.90. The van der Waals surface area contributed by atoms with Gasteiger partial charge in [-0.05, 0) is 29.2 Å². The van der Waals surface area contributed by atoms with E-state index in [4.69, 9.17) is 4.74 Å². The van der Waals surface area contributed by atoms with Gasteiger partial charge in [-0.3, -0.25) is 18.7 Å². The van der Waals surface area contributed by atoms with E-state index in [0.29, 0.717) is 5.57 Å². The molecule has 3 unspecified atom stereocenters. The second-order valence-electron chi connectivity index (χ2n) is 9.07. The average molecular weight is 515 g/mol. The fourth-order valence-corrected chi connectivity index (χ4v) is 6.37. The van der Waals surface area contributed by atoms with Crippen molar-refractivity contribution in [2.45, 2.75) is 30.9 Å². The number of carbonyl (C=O) groups is 3. The summed E-state index contributed by atoms with van der Waals surface area (Å²) < 4.78 is 19.0. The van der Waals surface area contributed by atoms with Crippen molar-refractivity contribution in [2.75, 3.05) is 5.75 Å². The van der Waals surface area contributed by atoms with Crippen molar-refractivity contribution in [1.82, 2.24) is 10.2 Å². The van der Waals surface area contributed by atoms with Gasteiger partial charge in [-0.25, -0.2) is 4.79 Å². The molecule has 7 nitrogen and oxygen atoms in total. The maximum absolute atomic E-state index is 13.5. The maximum Gasteiger partial charge on any atom is 0.356 e. The third-order valence-electron chi connectivity index (χ3n) is 6.46. The van der Waals surface area contributed by atoms with Gasteiger partial charge in [0.25, 0.3) is 5.91 Å². The zero-order chi connectivity index (χ0) is 25.9. The third-order valence-corrected chi connectivity index (χ3v) is 8.20. The van der Waals surface area contributed by atoms with E-state index in [1.165, 1.54) is 4.90 Å². The molecular formula is C29H26N2O5S. The minimum absolute atomic E-state index is 0.0972. The molecule has 0 aliphatic carbocycles. The quantitative estimate of drug-likeness (QED) is 0.386. The van der Waals surface area contributed by atoms with Crippen molar-refractivity contribution < 1.29 is 23.3 Å². The number of hydrogen-bond donors (Lipinski definition) is 1. The molecule has 37 heavy (non-hydrogen) atoms. The van der Waals surface area contributed by atoms with Crippen molar-refractivity contribution in [3.8, 4) is 0 Å². The van der Waals surface area contributed by atoms with Gasteiger partial charge in [0.1, 0.15) is 17.1 Å². The molecule has 0 bridgehead atoms. The molecule has 1 fully saturated rings. The van der Waals surface area contributed by atoms with Gasteiger partial charge in [0.2, 0.25) is 5.91 Å². The monoisotopic (exact) mass is 514 g/mol. The van der Waals surface area contributed by atoms with Crippen LogP contribution in [-0.2, 0) is 36.3 Å². The van der Waals surface area contributed by atoms with E-state index in [-0.39, 0.29) is 23.8 Å². The molecule has 2 amide bonds. The number of esters is 1. The number of amides is 2. The minimum atomic E-state index is -1.47. The zero-order valence-corrected chi connectivity index (χ0v) is 21.0. The highest BCUT2D eigenvalue weighted by molar-refractivity contribution is 7.86. The van der Waals surface area contributed by atoms with Crippen LogP contribution >= 0.6 is 0 Å². The predicted octanol–water partition coefficient (Wildman–Crippen LogP) is 3.25. The Morgan fingerprint density at radius 1 is 0.946 bits per heavy atom. The Morgan fingerprint density at radius 3 is 2.05 bits per heavy atom. The van der Waals surface area contributed by atoms with E-state index in [1.807, 2.05) is 91.0 Å². The van der Waals surface area contributed by atoms with Crippen LogP contribution in [0.3, 0.4) is 0 Å². The lowest BCUT2D eigenvalue weighted by atomic mass is 10.0. The first-order chi connectivity index (χ1) is 17.9. The molecule has 0 spiro atoms. The highest BCUT2D eigenvalue weighted by Crippen LogP contribution is 2.37. The smallest absolute Gasteiger partial charge is 0.356 e. The molecule has 1 saturated heterocycles. The van der Waals surface area contributed by atoms with Crippen LogP contribution in [0.2, 0.25) is 0 Å². The van der Waals surface area contributed by atoms with Crippen molar-refractivity contribution in [3.05, 3.63) is 119 Å². The maximum atomic E-state index is 13.5. The molecular weight excluding hydrogens is 488 g/mol. The molecule has 5 rings (SSSR count). The fraction of sp³-hybridized carbons (Fsp3) is 0.207. The first-order valence-electron chi connectivity index (χ1n) is 12.0. The number of hydrogen-bond acceptors (Lipinski definition) is 5. The summed E-state index contributed by atoms with van der Waals surface area (Å²) in [5.41, 5.74) is 3.00. The summed E-state index contributed by atoms with van der Waals surface area (Å²) in [6.07, 6.45) is -0.581. The average Bonchev–Trinajstić information content (AvgIpc) is 2.91. The van der Waals surface area contributed by atoms with Gasteiger partial charge in [-0.2, -0.15) is 0 Å². The molecule has 8 heteroatoms. The molecule has 2 aliphatic heterocycles. The van der Waals surface area contributed by atoms with E-state index < -0.39 is 40.2 Å². The third kappa shape index (κ3) is 4.97. The SMILES string of the molecule is CC1=C(C(=O)OC(c2ccccc2)c2ccccc2)N2C(=O)C(NC(=O)Cc3ccccc3)C2S(=O)C1. The molecule has 188 valence electrons. The Labute approximate surface area is 217 Å². The lowest BCUT2D eigenvalue weighted by Gasteiger charge is -2.49. The molecule has 2 aliphatic rings. The second kappa shape index (κ2) is 10.5. The van der Waals surface area contributed by atoms with Gasteiger partial charge in [0, 0.05) is 5.75 Å². The number of nitrogens with one attached hydrogen (secondary N) is 1. The van der Waals surface area contributed by atoms with Crippen molar-refractivity contribution in [2.24, 2.45) is 0 Å². The van der Waals surface area contributed by atoms with Gasteiger partial charge in [-0.15, -0.1) is 0 Å². The Kier molecular flexibility index (Phi) is 7.01. The van der Waals surface area contributed by atoms with E-state index in [1.54, 1.807) is 6.92 Å². The summed E-state index contributed by atoms with van der Waals surface area (Å²) in [7, 11) is -1.47. The van der Waals surface area contributed by atoms with Crippen molar-refractivity contribution in [1.29, 1.82) is 0 Å². The van der Waals surface area contributed by atoms with Crippen LogP contribution in [0.15, 0.2) is 102 Å². The first-order valence-corrected chi connectivity index (χ1v) is 13.4. The largest absolute Gasteiger partial charge is 0.448 e. The molecule has 2 heterocycles. The van der Waals surface area contributed by atoms with Crippen LogP contribution in [0.25, 0.3) is 0 Å². The standard InChI is InChI=1S/C29H26N2O5S/c1-19-18-37(35)28-24(30-23(32)17-20-11-5-2-6-12-20)27(33)31(28)25(19)29(34)36-26(21-13-7-3-8-14-21)22-15-9-4-10-16-22/h2-16,24,26,28H,17-18H2,1H3,(H,30,32). The molecule has 3 atom stereocenters. The van der Waals surface area contributed by atoms with Crippen molar-refractivity contribution in [3.63, 3.8) is 0 Å². The topological polar surface area (TPSA) is 92.8 Å². The van der Waals surface area contributed by atoms with E-state index in [9.17, 15) is 18.6 Å². The Hall–Kier alpha value is -4.04. The van der Waals surface area contributed by atoms with Gasteiger partial charge < -0.3 is 10.1 Å². The predicted molar refractivity (Wildman–Crippen MR) is 139 cm³/mol. The zero-order valence-electron chi connectivity index (χ0n) is 20.2. The van der Waals surface area contributed by atoms with Crippen LogP contribution < -0.4 is 5.32 Å². The van der Waals surface area contributed by atoms with Gasteiger partial charge >= 0.3 is 5.97 Å². The van der Waals surface area contributed by atoms with Crippen molar-refractivity contribution >= 4 is 28.6 Å². The van der Waals surface area contributed by atoms with Crippen LogP contribution in [0, 0.1) is 0 Å². The Balaban J connectivity index is 1.36. The number of rotatable bonds is 7. The molecule has 0 aromatic heterocycles. The number of carbonyl (C=O) groups excluding carboxylic acids is 3. The van der Waals surface area contributed by atoms with Crippen LogP contribution in [0.1, 0.15) is 29.7 Å². The Bertz CT molecular complexity index is 1340. The number of benzene rings is 3. The van der Waals surface area contributed by atoms with Gasteiger partial charge in [-0.1, -0.05) is 91.0 Å². The van der Waals surface area contributed by atoms with Gasteiger partial charge in [0.05, 0.1) is 17.2 Å². The second-order valence-corrected chi connectivity index (χ2v) is 10.6. The van der Waals surface area contributed by atoms with Crippen LogP contribution in [-0.4, -0.2) is 44.1 Å². The lowest BCUT2D eigenvalue weighted by molar-refractivity contribution is -0.154. The highest BCUT2D eigenvalue weighted by Gasteiger charge is 2.57. The fourth-order valence-electron chi connectivity index (χ4n) is 4.70. The molecule has 0 radical (unpaired) electrons. The van der Waals surface area contributed by atoms with E-state index in [0.717, 1.165) is 16.7 Å². The normalized spacial score (nSPS) is 20.8. The van der Waals surface area contributed by atoms with E-state index in [2.05, 4.69) is 5.32 Å². The molecule has 0 saturated carbocycles. The number of nitrogens with zero attached hydrogens (tertiary/aromatic N) is 1. The molecule has 1 N–H and O–H groups in total. The summed E-state index contributed by atoms with van der Waals surface area (Å²) in [4.78, 5) is 40.5. The molecule has 3 aromatic rings. The number of ether oxygens (including phenoxy) is 1. The highest BCUT2D eigenvalue weighted by atomic mass is 32.2. The van der Waals surface area contributed by atoms with Crippen LogP contribution in [0.4, 0.5) is 0 Å². The summed E-state index contributed by atoms with van der Waals surface area (Å²) in [6, 6.07) is 26.9. The van der Waals surface area contributed by atoms with E-state index >= 15 is 0 Å². The number of fused-ring (bicyclic) bond motifs is 1. The minimum Gasteiger partial charge on any atom is -0.448 e. The Morgan fingerprint density at radius 2 is 1.49 bits per heavy atom. The first kappa shape index (κ1) is 24.6. The summed E-state index contributed by atoms with van der Waals surface area (Å²) in [5.74, 6) is -1.36. The number of β-lactam (4-membered cyclic amide) rings is 1. The summed E-state index contributed by atoms with van der Waals surface area (Å²) in [6.45, 7) is 1.68. The van der Waals surface area contributed by atoms with Crippen LogP contribution in [0.5, 0.6) is 0 Å². The summed E-state index contributed by atoms with van der Waals surface area (Å²) >= 11 is 0. The van der Waals surface area contributed by atoms with Gasteiger partial charge in [0.15, 0.2) is 6.10 Å². The molecule has 3 aromatic carbocycles.